The third kappa shape index (κ3) is 2.34. The first kappa shape index (κ1) is 11.4. The Labute approximate surface area is 97.9 Å². The Bertz CT molecular complexity index is 350. The molecule has 1 aliphatic rings. The quantitative estimate of drug-likeness (QED) is 0.693. The van der Waals surface area contributed by atoms with Crippen LogP contribution in [0.1, 0.15) is 60.9 Å². The molecule has 0 radical (unpaired) electrons. The van der Waals surface area contributed by atoms with Crippen LogP contribution < -0.4 is 0 Å². The maximum atomic E-state index is 11.0. The van der Waals surface area contributed by atoms with Crippen LogP contribution in [-0.4, -0.2) is 6.29 Å². The molecule has 0 spiro atoms. The lowest BCUT2D eigenvalue weighted by molar-refractivity contribution is 0.112. The normalized spacial score (nSPS) is 19.3. The van der Waals surface area contributed by atoms with Gasteiger partial charge in [-0.3, -0.25) is 4.79 Å². The zero-order chi connectivity index (χ0) is 11.4. The maximum Gasteiger partial charge on any atom is 0.150 e. The highest BCUT2D eigenvalue weighted by molar-refractivity contribution is 5.77. The first-order chi connectivity index (χ1) is 7.83. The molecule has 1 unspecified atom stereocenters. The van der Waals surface area contributed by atoms with E-state index in [0.717, 1.165) is 17.8 Å². The Hall–Kier alpha value is -1.11. The number of carbonyl (C=O) groups excluding carboxylic acids is 1. The average Bonchev–Trinajstić information content (AvgIpc) is 2.39. The minimum atomic E-state index is 0.529. The number of benzene rings is 1. The zero-order valence-corrected chi connectivity index (χ0v) is 9.99. The third-order valence-electron chi connectivity index (χ3n) is 3.97. The molecule has 86 valence electrons. The van der Waals surface area contributed by atoms with Crippen LogP contribution in [0.4, 0.5) is 0 Å². The number of carbonyl (C=O) groups is 1. The highest BCUT2D eigenvalue weighted by Gasteiger charge is 2.22. The molecule has 0 saturated heterocycles. The smallest absolute Gasteiger partial charge is 0.150 e. The van der Waals surface area contributed by atoms with Crippen molar-refractivity contribution in [3.05, 3.63) is 35.4 Å². The summed E-state index contributed by atoms with van der Waals surface area (Å²) in [4.78, 5) is 11.0. The lowest BCUT2D eigenvalue weighted by Gasteiger charge is -2.28. The van der Waals surface area contributed by atoms with Crippen molar-refractivity contribution < 1.29 is 4.79 Å². The van der Waals surface area contributed by atoms with E-state index in [-0.39, 0.29) is 0 Å². The van der Waals surface area contributed by atoms with Gasteiger partial charge in [0.1, 0.15) is 6.29 Å². The van der Waals surface area contributed by atoms with Crippen molar-refractivity contribution in [2.75, 3.05) is 0 Å². The number of aldehydes is 1. The van der Waals surface area contributed by atoms with E-state index in [9.17, 15) is 4.79 Å². The molecule has 1 saturated carbocycles. The molecule has 0 N–H and O–H groups in total. The molecular formula is C15H20O. The number of hydrogen-bond acceptors (Lipinski definition) is 1. The SMILES string of the molecule is CC(c1ccccc1C=O)C1CCCCC1. The molecule has 1 nitrogen and oxygen atoms in total. The second-order valence-corrected chi connectivity index (χ2v) is 4.93. The predicted molar refractivity (Wildman–Crippen MR) is 66.8 cm³/mol. The van der Waals surface area contributed by atoms with Crippen molar-refractivity contribution in [3.63, 3.8) is 0 Å². The largest absolute Gasteiger partial charge is 0.298 e. The van der Waals surface area contributed by atoms with Crippen LogP contribution >= 0.6 is 0 Å². The fourth-order valence-corrected chi connectivity index (χ4v) is 2.92. The summed E-state index contributed by atoms with van der Waals surface area (Å²) in [6, 6.07) is 8.03. The Morgan fingerprint density at radius 3 is 2.56 bits per heavy atom. The van der Waals surface area contributed by atoms with Crippen LogP contribution in [0, 0.1) is 5.92 Å². The van der Waals surface area contributed by atoms with Gasteiger partial charge in [0.05, 0.1) is 0 Å². The van der Waals surface area contributed by atoms with Crippen molar-refractivity contribution in [2.24, 2.45) is 5.92 Å². The van der Waals surface area contributed by atoms with Crippen molar-refractivity contribution >= 4 is 6.29 Å². The van der Waals surface area contributed by atoms with Gasteiger partial charge >= 0.3 is 0 Å². The van der Waals surface area contributed by atoms with Gasteiger partial charge < -0.3 is 0 Å². The highest BCUT2D eigenvalue weighted by atomic mass is 16.1. The third-order valence-corrected chi connectivity index (χ3v) is 3.97. The van der Waals surface area contributed by atoms with Crippen molar-refractivity contribution in [1.82, 2.24) is 0 Å². The fourth-order valence-electron chi connectivity index (χ4n) is 2.92. The molecule has 1 fully saturated rings. The van der Waals surface area contributed by atoms with E-state index in [2.05, 4.69) is 13.0 Å². The van der Waals surface area contributed by atoms with Crippen molar-refractivity contribution in [3.8, 4) is 0 Å². The van der Waals surface area contributed by atoms with E-state index in [4.69, 9.17) is 0 Å². The number of hydrogen-bond donors (Lipinski definition) is 0. The van der Waals surface area contributed by atoms with Gasteiger partial charge in [-0.1, -0.05) is 50.5 Å². The Kier molecular flexibility index (Phi) is 3.76. The average molecular weight is 216 g/mol. The summed E-state index contributed by atoms with van der Waals surface area (Å²) in [6.07, 6.45) is 7.76. The van der Waals surface area contributed by atoms with E-state index in [1.807, 2.05) is 18.2 Å². The number of rotatable bonds is 3. The highest BCUT2D eigenvalue weighted by Crippen LogP contribution is 2.36. The topological polar surface area (TPSA) is 17.1 Å². The molecule has 1 heteroatoms. The summed E-state index contributed by atoms with van der Waals surface area (Å²) in [5.74, 6) is 1.30. The van der Waals surface area contributed by atoms with Gasteiger partial charge in [0.2, 0.25) is 0 Å². The lowest BCUT2D eigenvalue weighted by atomic mass is 9.77. The zero-order valence-electron chi connectivity index (χ0n) is 9.99. The fraction of sp³-hybridized carbons (Fsp3) is 0.533. The molecule has 1 aromatic carbocycles. The summed E-state index contributed by atoms with van der Waals surface area (Å²) < 4.78 is 0. The van der Waals surface area contributed by atoms with E-state index >= 15 is 0 Å². The molecule has 1 aliphatic carbocycles. The molecule has 0 bridgehead atoms. The van der Waals surface area contributed by atoms with Gasteiger partial charge in [0.15, 0.2) is 0 Å². The first-order valence-corrected chi connectivity index (χ1v) is 6.37. The predicted octanol–water partition coefficient (Wildman–Crippen LogP) is 4.18. The second-order valence-electron chi connectivity index (χ2n) is 4.93. The summed E-state index contributed by atoms with van der Waals surface area (Å²) in [5, 5.41) is 0. The van der Waals surface area contributed by atoms with E-state index in [0.29, 0.717) is 5.92 Å². The van der Waals surface area contributed by atoms with Gasteiger partial charge in [0.25, 0.3) is 0 Å². The van der Waals surface area contributed by atoms with Gasteiger partial charge in [-0.25, -0.2) is 0 Å². The summed E-state index contributed by atoms with van der Waals surface area (Å²) in [7, 11) is 0. The summed E-state index contributed by atoms with van der Waals surface area (Å²) >= 11 is 0. The van der Waals surface area contributed by atoms with Gasteiger partial charge in [0, 0.05) is 5.56 Å². The summed E-state index contributed by atoms with van der Waals surface area (Å²) in [6.45, 7) is 2.28. The van der Waals surface area contributed by atoms with Gasteiger partial charge in [-0.15, -0.1) is 0 Å². The Balaban J connectivity index is 2.18. The summed E-state index contributed by atoms with van der Waals surface area (Å²) in [5.41, 5.74) is 2.12. The molecule has 1 aromatic rings. The molecule has 16 heavy (non-hydrogen) atoms. The van der Waals surface area contributed by atoms with Gasteiger partial charge in [-0.2, -0.15) is 0 Å². The van der Waals surface area contributed by atoms with E-state index < -0.39 is 0 Å². The Morgan fingerprint density at radius 2 is 1.88 bits per heavy atom. The maximum absolute atomic E-state index is 11.0. The van der Waals surface area contributed by atoms with Crippen LogP contribution in [0.15, 0.2) is 24.3 Å². The first-order valence-electron chi connectivity index (χ1n) is 6.37. The van der Waals surface area contributed by atoms with Crippen LogP contribution in [0.5, 0.6) is 0 Å². The molecule has 0 amide bonds. The monoisotopic (exact) mass is 216 g/mol. The van der Waals surface area contributed by atoms with E-state index in [1.165, 1.54) is 37.7 Å². The van der Waals surface area contributed by atoms with Crippen molar-refractivity contribution in [1.29, 1.82) is 0 Å². The molecule has 0 aliphatic heterocycles. The Morgan fingerprint density at radius 1 is 1.19 bits per heavy atom. The van der Waals surface area contributed by atoms with Crippen LogP contribution in [0.3, 0.4) is 0 Å². The molecule has 0 heterocycles. The van der Waals surface area contributed by atoms with Crippen LogP contribution in [0.25, 0.3) is 0 Å². The van der Waals surface area contributed by atoms with Gasteiger partial charge in [-0.05, 0) is 30.2 Å². The lowest BCUT2D eigenvalue weighted by Crippen LogP contribution is -2.15. The van der Waals surface area contributed by atoms with Crippen LogP contribution in [0.2, 0.25) is 0 Å². The van der Waals surface area contributed by atoms with Crippen molar-refractivity contribution in [2.45, 2.75) is 44.9 Å². The van der Waals surface area contributed by atoms with Crippen LogP contribution in [-0.2, 0) is 0 Å². The molecule has 2 rings (SSSR count). The second kappa shape index (κ2) is 5.29. The molecule has 0 aromatic heterocycles. The minimum absolute atomic E-state index is 0.529. The van der Waals surface area contributed by atoms with E-state index in [1.54, 1.807) is 0 Å². The molecule has 1 atom stereocenters. The standard InChI is InChI=1S/C15H20O/c1-12(13-7-3-2-4-8-13)15-10-6-5-9-14(15)11-16/h5-6,9-13H,2-4,7-8H2,1H3. The molecular weight excluding hydrogens is 196 g/mol. The minimum Gasteiger partial charge on any atom is -0.298 e.